The van der Waals surface area contributed by atoms with Gasteiger partial charge in [-0.3, -0.25) is 14.5 Å². The molecule has 186 valence electrons. The monoisotopic (exact) mass is 477 g/mol. The summed E-state index contributed by atoms with van der Waals surface area (Å²) >= 11 is 0. The van der Waals surface area contributed by atoms with E-state index in [1.807, 2.05) is 15.9 Å². The second-order valence-corrected chi connectivity index (χ2v) is 10.7. The standard InChI is InChI=1S/C29H36FN3O2/c1-22-5-7-23(8-6-22)9-10-27(34)32-13-11-29(12-14-32)20-26(29)28(35)33-17-15-31(16-18-33)21-24-3-2-4-25(30)19-24/h2-8,19,26H,9-18,20-21H2,1H3/t26-/m0/s1. The van der Waals surface area contributed by atoms with Gasteiger partial charge in [0, 0.05) is 58.2 Å². The summed E-state index contributed by atoms with van der Waals surface area (Å²) < 4.78 is 13.5. The van der Waals surface area contributed by atoms with E-state index in [-0.39, 0.29) is 23.1 Å². The Morgan fingerprint density at radius 2 is 1.63 bits per heavy atom. The molecule has 3 fully saturated rings. The molecule has 1 atom stereocenters. The van der Waals surface area contributed by atoms with Gasteiger partial charge in [0.1, 0.15) is 5.82 Å². The average molecular weight is 478 g/mol. The topological polar surface area (TPSA) is 43.9 Å². The van der Waals surface area contributed by atoms with E-state index in [1.165, 1.54) is 17.2 Å². The summed E-state index contributed by atoms with van der Waals surface area (Å²) in [6, 6.07) is 15.2. The van der Waals surface area contributed by atoms with E-state index in [1.54, 1.807) is 12.1 Å². The average Bonchev–Trinajstić information content (AvgIpc) is 3.57. The van der Waals surface area contributed by atoms with Crippen molar-refractivity contribution in [3.63, 3.8) is 0 Å². The fourth-order valence-electron chi connectivity index (χ4n) is 5.86. The lowest BCUT2D eigenvalue weighted by Crippen LogP contribution is -2.49. The number of amides is 2. The molecule has 2 aromatic carbocycles. The van der Waals surface area contributed by atoms with Crippen LogP contribution in [0.1, 0.15) is 42.4 Å². The normalized spacial score (nSPS) is 21.8. The molecule has 3 aliphatic rings. The Bertz CT molecular complexity index is 1050. The summed E-state index contributed by atoms with van der Waals surface area (Å²) in [5.74, 6) is 0.462. The van der Waals surface area contributed by atoms with Crippen molar-refractivity contribution in [2.45, 2.75) is 45.6 Å². The predicted molar refractivity (Wildman–Crippen MR) is 134 cm³/mol. The maximum atomic E-state index is 13.5. The molecule has 0 unspecified atom stereocenters. The number of carbonyl (C=O) groups is 2. The van der Waals surface area contributed by atoms with E-state index in [0.29, 0.717) is 12.3 Å². The van der Waals surface area contributed by atoms with Crippen molar-refractivity contribution in [1.29, 1.82) is 0 Å². The van der Waals surface area contributed by atoms with Crippen LogP contribution in [-0.4, -0.2) is 65.8 Å². The smallest absolute Gasteiger partial charge is 0.226 e. The van der Waals surface area contributed by atoms with Crippen molar-refractivity contribution in [1.82, 2.24) is 14.7 Å². The number of likely N-dealkylation sites (tertiary alicyclic amines) is 1. The van der Waals surface area contributed by atoms with E-state index in [2.05, 4.69) is 36.1 Å². The summed E-state index contributed by atoms with van der Waals surface area (Å²) in [5, 5.41) is 0. The fraction of sp³-hybridized carbons (Fsp3) is 0.517. The van der Waals surface area contributed by atoms with Crippen LogP contribution >= 0.6 is 0 Å². The number of benzene rings is 2. The van der Waals surface area contributed by atoms with Crippen molar-refractivity contribution >= 4 is 11.8 Å². The third-order valence-corrected chi connectivity index (χ3v) is 8.33. The predicted octanol–water partition coefficient (Wildman–Crippen LogP) is 4.04. The molecule has 5 nitrogen and oxygen atoms in total. The molecule has 2 amide bonds. The zero-order chi connectivity index (χ0) is 24.4. The quantitative estimate of drug-likeness (QED) is 0.631. The third-order valence-electron chi connectivity index (χ3n) is 8.33. The Kier molecular flexibility index (Phi) is 6.92. The highest BCUT2D eigenvalue weighted by atomic mass is 19.1. The zero-order valence-electron chi connectivity index (χ0n) is 20.7. The minimum absolute atomic E-state index is 0.115. The number of aryl methyl sites for hydroxylation is 2. The molecule has 2 aromatic rings. The lowest BCUT2D eigenvalue weighted by Gasteiger charge is -2.36. The summed E-state index contributed by atoms with van der Waals surface area (Å²) in [4.78, 5) is 32.3. The van der Waals surface area contributed by atoms with Gasteiger partial charge in [0.15, 0.2) is 0 Å². The highest BCUT2D eigenvalue weighted by molar-refractivity contribution is 5.83. The fourth-order valence-corrected chi connectivity index (χ4v) is 5.86. The molecule has 1 aliphatic carbocycles. The van der Waals surface area contributed by atoms with Gasteiger partial charge >= 0.3 is 0 Å². The molecule has 0 aromatic heterocycles. The number of rotatable bonds is 6. The van der Waals surface area contributed by atoms with Crippen molar-refractivity contribution in [2.75, 3.05) is 39.3 Å². The SMILES string of the molecule is Cc1ccc(CCC(=O)N2CCC3(CC2)C[C@H]3C(=O)N2CCN(Cc3cccc(F)c3)CC2)cc1. The van der Waals surface area contributed by atoms with E-state index in [0.717, 1.165) is 77.1 Å². The molecule has 35 heavy (non-hydrogen) atoms. The molecule has 1 saturated carbocycles. The first-order chi connectivity index (χ1) is 16.9. The number of piperazine rings is 1. The van der Waals surface area contributed by atoms with Crippen molar-refractivity contribution in [2.24, 2.45) is 11.3 Å². The van der Waals surface area contributed by atoms with Crippen molar-refractivity contribution in [3.8, 4) is 0 Å². The van der Waals surface area contributed by atoms with Gasteiger partial charge in [-0.25, -0.2) is 4.39 Å². The maximum Gasteiger partial charge on any atom is 0.226 e. The first-order valence-corrected chi connectivity index (χ1v) is 13.0. The van der Waals surface area contributed by atoms with Crippen LogP contribution in [0, 0.1) is 24.1 Å². The summed E-state index contributed by atoms with van der Waals surface area (Å²) in [5.41, 5.74) is 3.54. The first-order valence-electron chi connectivity index (χ1n) is 13.0. The second kappa shape index (κ2) is 10.1. The molecule has 0 N–H and O–H groups in total. The molecule has 2 heterocycles. The molecule has 0 radical (unpaired) electrons. The van der Waals surface area contributed by atoms with Gasteiger partial charge in [-0.2, -0.15) is 0 Å². The van der Waals surface area contributed by atoms with Crippen LogP contribution in [0.25, 0.3) is 0 Å². The Balaban J connectivity index is 1.05. The Morgan fingerprint density at radius 3 is 2.31 bits per heavy atom. The van der Waals surface area contributed by atoms with Crippen LogP contribution in [0.3, 0.4) is 0 Å². The Labute approximate surface area is 207 Å². The molecule has 0 bridgehead atoms. The molecular formula is C29H36FN3O2. The van der Waals surface area contributed by atoms with E-state index in [4.69, 9.17) is 0 Å². The van der Waals surface area contributed by atoms with E-state index in [9.17, 15) is 14.0 Å². The zero-order valence-corrected chi connectivity index (χ0v) is 20.7. The minimum atomic E-state index is -0.200. The number of hydrogen-bond donors (Lipinski definition) is 0. The number of nitrogens with zero attached hydrogens (tertiary/aromatic N) is 3. The molecule has 2 saturated heterocycles. The minimum Gasteiger partial charge on any atom is -0.343 e. The number of carbonyl (C=O) groups excluding carboxylic acids is 2. The second-order valence-electron chi connectivity index (χ2n) is 10.7. The van der Waals surface area contributed by atoms with Crippen LogP contribution in [0.15, 0.2) is 48.5 Å². The first kappa shape index (κ1) is 24.0. The van der Waals surface area contributed by atoms with Crippen LogP contribution in [0.5, 0.6) is 0 Å². The highest BCUT2D eigenvalue weighted by Gasteiger charge is 2.59. The number of piperidine rings is 1. The largest absolute Gasteiger partial charge is 0.343 e. The van der Waals surface area contributed by atoms with Crippen LogP contribution in [0.4, 0.5) is 4.39 Å². The summed E-state index contributed by atoms with van der Waals surface area (Å²) in [6.45, 7) is 7.48. The molecule has 2 aliphatic heterocycles. The van der Waals surface area contributed by atoms with Crippen molar-refractivity contribution < 1.29 is 14.0 Å². The lowest BCUT2D eigenvalue weighted by atomic mass is 9.90. The molecular weight excluding hydrogens is 441 g/mol. The summed E-state index contributed by atoms with van der Waals surface area (Å²) in [7, 11) is 0. The van der Waals surface area contributed by atoms with Gasteiger partial charge in [0.05, 0.1) is 0 Å². The van der Waals surface area contributed by atoms with Crippen molar-refractivity contribution in [3.05, 3.63) is 71.0 Å². The lowest BCUT2D eigenvalue weighted by molar-refractivity contribution is -0.136. The Hall–Kier alpha value is -2.73. The van der Waals surface area contributed by atoms with E-state index >= 15 is 0 Å². The van der Waals surface area contributed by atoms with Gasteiger partial charge in [0.2, 0.25) is 11.8 Å². The Morgan fingerprint density at radius 1 is 0.914 bits per heavy atom. The van der Waals surface area contributed by atoms with Crippen LogP contribution in [0.2, 0.25) is 0 Å². The van der Waals surface area contributed by atoms with Gasteiger partial charge in [0.25, 0.3) is 0 Å². The highest BCUT2D eigenvalue weighted by Crippen LogP contribution is 2.60. The van der Waals surface area contributed by atoms with Crippen LogP contribution < -0.4 is 0 Å². The number of halogens is 1. The maximum absolute atomic E-state index is 13.5. The van der Waals surface area contributed by atoms with Gasteiger partial charge in [-0.05, 0) is 61.3 Å². The van der Waals surface area contributed by atoms with E-state index < -0.39 is 0 Å². The molecule has 6 heteroatoms. The summed E-state index contributed by atoms with van der Waals surface area (Å²) in [6.07, 6.45) is 4.20. The van der Waals surface area contributed by atoms with Gasteiger partial charge in [-0.15, -0.1) is 0 Å². The number of hydrogen-bond acceptors (Lipinski definition) is 3. The van der Waals surface area contributed by atoms with Crippen LogP contribution in [-0.2, 0) is 22.6 Å². The van der Waals surface area contributed by atoms with Gasteiger partial charge in [-0.1, -0.05) is 42.0 Å². The third kappa shape index (κ3) is 5.58. The van der Waals surface area contributed by atoms with Gasteiger partial charge < -0.3 is 9.80 Å². The molecule has 1 spiro atoms. The molecule has 5 rings (SSSR count).